The molecule has 0 aliphatic rings. The lowest BCUT2D eigenvalue weighted by Crippen LogP contribution is -2.88. The fourth-order valence-corrected chi connectivity index (χ4v) is 106. The Morgan fingerprint density at radius 2 is 0.870 bits per heavy atom. The Morgan fingerprint density at radius 3 is 1.09 bits per heavy atom. The molecule has 0 amide bonds. The van der Waals surface area contributed by atoms with Crippen LogP contribution in [-0.4, -0.2) is 29.4 Å². The van der Waals surface area contributed by atoms with Gasteiger partial charge in [-0.25, -0.2) is 0 Å². The summed E-state index contributed by atoms with van der Waals surface area (Å²) in [5.41, 5.74) is 1.73. The molecule has 0 aliphatic heterocycles. The van der Waals surface area contributed by atoms with Gasteiger partial charge in [0.15, 0.2) is 0 Å². The van der Waals surface area contributed by atoms with E-state index in [1.807, 2.05) is 0 Å². The van der Waals surface area contributed by atoms with Crippen molar-refractivity contribution in [2.75, 3.05) is 0 Å². The third-order valence-electron chi connectivity index (χ3n) is 5.56. The molecule has 1 aromatic rings. The lowest BCUT2D eigenvalue weighted by atomic mass is 9.87. The van der Waals surface area contributed by atoms with Crippen LogP contribution in [-0.2, 0) is 5.41 Å². The lowest BCUT2D eigenvalue weighted by Gasteiger charge is -2.57. The molecule has 23 heavy (non-hydrogen) atoms. The van der Waals surface area contributed by atoms with Crippen molar-refractivity contribution in [2.24, 2.45) is 0 Å². The first kappa shape index (κ1) is 21.1. The molecule has 0 heterocycles. The van der Waals surface area contributed by atoms with Gasteiger partial charge in [-0.1, -0.05) is 109 Å². The summed E-state index contributed by atoms with van der Waals surface area (Å²) < 4.78 is 0. The van der Waals surface area contributed by atoms with Gasteiger partial charge in [0.05, 0.1) is 6.63 Å². The van der Waals surface area contributed by atoms with Crippen LogP contribution < -0.4 is 5.19 Å². The Morgan fingerprint density at radius 1 is 0.565 bits per heavy atom. The van der Waals surface area contributed by atoms with E-state index in [0.717, 1.165) is 0 Å². The van der Waals surface area contributed by atoms with Gasteiger partial charge in [0.25, 0.3) is 0 Å². The van der Waals surface area contributed by atoms with Gasteiger partial charge < -0.3 is 0 Å². The van der Waals surface area contributed by atoms with E-state index in [1.54, 1.807) is 5.19 Å². The second-order valence-electron chi connectivity index (χ2n) is 11.3. The van der Waals surface area contributed by atoms with Crippen LogP contribution in [0.25, 0.3) is 0 Å². The van der Waals surface area contributed by atoms with Gasteiger partial charge in [-0.3, -0.25) is 0 Å². The average molecular weight is 381 g/mol. The highest BCUT2D eigenvalue weighted by atomic mass is 29.9. The van der Waals surface area contributed by atoms with Crippen molar-refractivity contribution in [3.63, 3.8) is 0 Å². The summed E-state index contributed by atoms with van der Waals surface area (Å²) in [6.45, 7) is 29.6. The molecule has 0 nitrogen and oxygen atoms in total. The van der Waals surface area contributed by atoms with Crippen LogP contribution in [0.5, 0.6) is 0 Å². The first-order chi connectivity index (χ1) is 9.96. The van der Waals surface area contributed by atoms with Crippen LogP contribution in [0.3, 0.4) is 0 Å². The molecule has 0 atom stereocenters. The number of rotatable bonds is 4. The van der Waals surface area contributed by atoms with Crippen molar-refractivity contribution in [1.82, 2.24) is 0 Å². The molecule has 0 saturated carbocycles. The molecule has 4 heteroatoms. The molecule has 0 unspecified atom stereocenters. The van der Waals surface area contributed by atoms with E-state index in [9.17, 15) is 0 Å². The molecular weight excluding hydrogens is 341 g/mol. The molecule has 0 spiro atoms. The Kier molecular flexibility index (Phi) is 5.62. The standard InChI is InChI=1S/C19H40Si4/c1-19(2,3)17-13-15-18(16-14-17)23(20(4,5)6,21(7,8)9)22(10,11)12/h13-16H,1-12H3. The molecule has 132 valence electrons. The predicted octanol–water partition coefficient (Wildman–Crippen LogP) is 5.89. The zero-order valence-electron chi connectivity index (χ0n) is 17.8. The van der Waals surface area contributed by atoms with Crippen LogP contribution in [0.2, 0.25) is 58.9 Å². The third kappa shape index (κ3) is 3.70. The maximum Gasteiger partial charge on any atom is 0.0685 e. The van der Waals surface area contributed by atoms with Gasteiger partial charge in [0, 0.05) is 22.8 Å². The van der Waals surface area contributed by atoms with E-state index in [-0.39, 0.29) is 5.41 Å². The SMILES string of the molecule is CC(C)(C)c1ccc([Si]([Si](C)(C)C)([Si](C)(C)C)[Si](C)(C)C)cc1. The second-order valence-corrected chi connectivity index (χ2v) is 51.7. The zero-order valence-corrected chi connectivity index (χ0v) is 21.8. The molecule has 1 rings (SSSR count). The molecule has 0 bridgehead atoms. The predicted molar refractivity (Wildman–Crippen MR) is 121 cm³/mol. The third-order valence-corrected chi connectivity index (χ3v) is 76.9. The highest BCUT2D eigenvalue weighted by Gasteiger charge is 2.62. The van der Waals surface area contributed by atoms with Crippen LogP contribution in [0.15, 0.2) is 24.3 Å². The topological polar surface area (TPSA) is 0 Å². The maximum absolute atomic E-state index is 2.67. The normalized spacial score (nSPS) is 15.0. The Labute approximate surface area is 149 Å². The molecule has 0 aromatic heterocycles. The van der Waals surface area contributed by atoms with Gasteiger partial charge in [-0.05, 0) is 11.0 Å². The van der Waals surface area contributed by atoms with Crippen LogP contribution >= 0.6 is 0 Å². The van der Waals surface area contributed by atoms with Crippen molar-refractivity contribution in [3.8, 4) is 0 Å². The largest absolute Gasteiger partial charge is 0.0716 e. The summed E-state index contributed by atoms with van der Waals surface area (Å²) >= 11 is 0. The van der Waals surface area contributed by atoms with Crippen LogP contribution in [0.1, 0.15) is 26.3 Å². The first-order valence-corrected chi connectivity index (χ1v) is 24.6. The smallest absolute Gasteiger partial charge is 0.0685 e. The highest BCUT2D eigenvalue weighted by molar-refractivity contribution is 7.92. The first-order valence-electron chi connectivity index (χ1n) is 9.07. The maximum atomic E-state index is 2.67. The summed E-state index contributed by atoms with van der Waals surface area (Å²) in [6.07, 6.45) is 0. The van der Waals surface area contributed by atoms with Crippen LogP contribution in [0.4, 0.5) is 0 Å². The van der Waals surface area contributed by atoms with E-state index in [2.05, 4.69) is 104 Å². The van der Waals surface area contributed by atoms with Gasteiger partial charge >= 0.3 is 0 Å². The number of benzene rings is 1. The monoisotopic (exact) mass is 380 g/mol. The van der Waals surface area contributed by atoms with Crippen molar-refractivity contribution < 1.29 is 0 Å². The molecule has 0 saturated heterocycles. The fraction of sp³-hybridized carbons (Fsp3) is 0.684. The summed E-state index contributed by atoms with van der Waals surface area (Å²) in [5.74, 6) is 0. The summed E-state index contributed by atoms with van der Waals surface area (Å²) in [6, 6.07) is 10.00. The summed E-state index contributed by atoms with van der Waals surface area (Å²) in [4.78, 5) is 0. The minimum Gasteiger partial charge on any atom is -0.0716 e. The number of hydrogen-bond donors (Lipinski definition) is 0. The van der Waals surface area contributed by atoms with Crippen molar-refractivity contribution in [1.29, 1.82) is 0 Å². The molecular formula is C19H40Si4. The second kappa shape index (κ2) is 6.11. The Balaban J connectivity index is 3.73. The van der Waals surface area contributed by atoms with Crippen molar-refractivity contribution >= 4 is 34.6 Å². The van der Waals surface area contributed by atoms with Crippen molar-refractivity contribution in [3.05, 3.63) is 29.8 Å². The molecule has 0 radical (unpaired) electrons. The average Bonchev–Trinajstić information content (AvgIpc) is 2.22. The molecule has 0 fully saturated rings. The van der Waals surface area contributed by atoms with E-state index in [0.29, 0.717) is 0 Å². The molecule has 1 aromatic carbocycles. The lowest BCUT2D eigenvalue weighted by molar-refractivity contribution is 0.590. The number of hydrogen-bond acceptors (Lipinski definition) is 0. The molecule has 0 aliphatic carbocycles. The van der Waals surface area contributed by atoms with Crippen molar-refractivity contribution in [2.45, 2.75) is 85.1 Å². The summed E-state index contributed by atoms with van der Waals surface area (Å²) in [5, 5.41) is 1.79. The zero-order chi connectivity index (χ0) is 18.5. The minimum absolute atomic E-state index is 0.250. The van der Waals surface area contributed by atoms with E-state index in [4.69, 9.17) is 0 Å². The Hall–Kier alpha value is 0.0875. The summed E-state index contributed by atoms with van der Waals surface area (Å²) in [7, 11) is -3.75. The van der Waals surface area contributed by atoms with E-state index in [1.165, 1.54) is 5.56 Å². The minimum atomic E-state index is -1.44. The Bertz CT molecular complexity index is 495. The van der Waals surface area contributed by atoms with Gasteiger partial charge in [0.2, 0.25) is 0 Å². The van der Waals surface area contributed by atoms with Crippen LogP contribution in [0, 0.1) is 0 Å². The van der Waals surface area contributed by atoms with E-state index >= 15 is 0 Å². The van der Waals surface area contributed by atoms with Gasteiger partial charge in [0.1, 0.15) is 0 Å². The highest BCUT2D eigenvalue weighted by Crippen LogP contribution is 2.37. The van der Waals surface area contributed by atoms with E-state index < -0.39 is 29.4 Å². The molecule has 0 N–H and O–H groups in total. The quantitative estimate of drug-likeness (QED) is 0.571. The fourth-order valence-electron chi connectivity index (χ4n) is 5.89. The van der Waals surface area contributed by atoms with Gasteiger partial charge in [-0.2, -0.15) is 0 Å². The van der Waals surface area contributed by atoms with Gasteiger partial charge in [-0.15, -0.1) is 0 Å².